The van der Waals surface area contributed by atoms with Gasteiger partial charge in [-0.25, -0.2) is 0 Å². The van der Waals surface area contributed by atoms with Gasteiger partial charge in [0.05, 0.1) is 18.8 Å². The highest BCUT2D eigenvalue weighted by molar-refractivity contribution is 5.85. The van der Waals surface area contributed by atoms with Gasteiger partial charge in [-0.3, -0.25) is 4.79 Å². The molecule has 0 spiro atoms. The molecule has 22 heavy (non-hydrogen) atoms. The van der Waals surface area contributed by atoms with Crippen LogP contribution in [0.1, 0.15) is 34.1 Å². The van der Waals surface area contributed by atoms with E-state index in [9.17, 15) is 20.1 Å². The molecule has 6 unspecified atom stereocenters. The Kier molecular flexibility index (Phi) is 6.76. The minimum absolute atomic E-state index is 0.108. The van der Waals surface area contributed by atoms with Crippen LogP contribution in [0.15, 0.2) is 0 Å². The normalized spacial score (nSPS) is 35.2. The molecule has 5 N–H and O–H groups in total. The molecule has 0 aromatic rings. The van der Waals surface area contributed by atoms with Crippen molar-refractivity contribution in [3.05, 3.63) is 0 Å². The molecule has 0 aliphatic carbocycles. The smallest absolute Gasteiger partial charge is 0.252 e. The van der Waals surface area contributed by atoms with Crippen molar-refractivity contribution in [2.45, 2.75) is 64.1 Å². The van der Waals surface area contributed by atoms with Crippen molar-refractivity contribution in [1.82, 2.24) is 5.32 Å². The maximum atomic E-state index is 12.3. The molecule has 0 aromatic carbocycles. The van der Waals surface area contributed by atoms with Crippen LogP contribution in [-0.2, 0) is 9.53 Å². The van der Waals surface area contributed by atoms with Gasteiger partial charge in [0.1, 0.15) is 17.8 Å². The molecular weight excluding hydrogens is 290 g/mol. The van der Waals surface area contributed by atoms with E-state index in [1.807, 2.05) is 13.8 Å². The Morgan fingerprint density at radius 2 is 2.00 bits per heavy atom. The van der Waals surface area contributed by atoms with E-state index in [1.165, 1.54) is 0 Å². The Bertz CT molecular complexity index is 377. The van der Waals surface area contributed by atoms with Crippen molar-refractivity contribution in [2.24, 2.45) is 11.8 Å². The monoisotopic (exact) mass is 319 g/mol. The third-order valence-corrected chi connectivity index (χ3v) is 4.19. The summed E-state index contributed by atoms with van der Waals surface area (Å²) in [6.45, 7) is 7.02. The highest BCUT2D eigenvalue weighted by Crippen LogP contribution is 2.35. The van der Waals surface area contributed by atoms with Gasteiger partial charge in [-0.05, 0) is 12.8 Å². The Labute approximate surface area is 131 Å². The molecule has 0 aromatic heterocycles. The molecule has 7 heteroatoms. The van der Waals surface area contributed by atoms with Gasteiger partial charge >= 0.3 is 0 Å². The van der Waals surface area contributed by atoms with Crippen molar-refractivity contribution in [2.75, 3.05) is 13.2 Å². The molecule has 1 fully saturated rings. The molecule has 1 heterocycles. The van der Waals surface area contributed by atoms with E-state index in [0.717, 1.165) is 0 Å². The number of aliphatic hydroxyl groups is 4. The lowest BCUT2D eigenvalue weighted by molar-refractivity contribution is -0.224. The summed E-state index contributed by atoms with van der Waals surface area (Å²) < 4.78 is 5.74. The SMILES string of the molecule is CC(C)CNC(=O)C1(C)CC(O)C(C)C(C(O)C(O)CO)O1. The molecule has 130 valence electrons. The second-order valence-electron chi connectivity index (χ2n) is 6.79. The number of amides is 1. The van der Waals surface area contributed by atoms with E-state index in [2.05, 4.69) is 5.32 Å². The number of ether oxygens (including phenoxy) is 1. The molecule has 1 aliphatic heterocycles. The van der Waals surface area contributed by atoms with Crippen LogP contribution in [0.3, 0.4) is 0 Å². The fraction of sp³-hybridized carbons (Fsp3) is 0.933. The van der Waals surface area contributed by atoms with Crippen LogP contribution in [0.4, 0.5) is 0 Å². The zero-order valence-corrected chi connectivity index (χ0v) is 13.7. The minimum atomic E-state index is -1.39. The molecule has 1 amide bonds. The van der Waals surface area contributed by atoms with Gasteiger partial charge < -0.3 is 30.5 Å². The lowest BCUT2D eigenvalue weighted by Crippen LogP contribution is -2.61. The number of carbonyl (C=O) groups is 1. The van der Waals surface area contributed by atoms with Crippen LogP contribution in [0.2, 0.25) is 0 Å². The Balaban J connectivity index is 2.87. The largest absolute Gasteiger partial charge is 0.394 e. The number of hydrogen-bond donors (Lipinski definition) is 5. The first-order valence-electron chi connectivity index (χ1n) is 7.73. The van der Waals surface area contributed by atoms with E-state index >= 15 is 0 Å². The highest BCUT2D eigenvalue weighted by Gasteiger charge is 2.49. The van der Waals surface area contributed by atoms with Crippen molar-refractivity contribution in [1.29, 1.82) is 0 Å². The average Bonchev–Trinajstić information content (AvgIpc) is 2.46. The first-order chi connectivity index (χ1) is 10.1. The molecular formula is C15H29NO6. The first-order valence-corrected chi connectivity index (χ1v) is 7.73. The van der Waals surface area contributed by atoms with E-state index in [0.29, 0.717) is 6.54 Å². The predicted molar refractivity (Wildman–Crippen MR) is 80.0 cm³/mol. The summed E-state index contributed by atoms with van der Waals surface area (Å²) in [7, 11) is 0. The Hall–Kier alpha value is -0.730. The number of nitrogens with one attached hydrogen (secondary N) is 1. The topological polar surface area (TPSA) is 119 Å². The van der Waals surface area contributed by atoms with Gasteiger partial charge in [-0.2, -0.15) is 0 Å². The van der Waals surface area contributed by atoms with Gasteiger partial charge in [0.25, 0.3) is 5.91 Å². The fourth-order valence-corrected chi connectivity index (χ4v) is 2.60. The summed E-state index contributed by atoms with van der Waals surface area (Å²) in [6.07, 6.45) is -4.46. The van der Waals surface area contributed by atoms with E-state index in [1.54, 1.807) is 13.8 Å². The van der Waals surface area contributed by atoms with Gasteiger partial charge in [0.2, 0.25) is 0 Å². The Morgan fingerprint density at radius 3 is 2.50 bits per heavy atom. The highest BCUT2D eigenvalue weighted by atomic mass is 16.5. The van der Waals surface area contributed by atoms with Crippen molar-refractivity contribution in [3.63, 3.8) is 0 Å². The lowest BCUT2D eigenvalue weighted by Gasteiger charge is -2.45. The molecule has 0 saturated carbocycles. The van der Waals surface area contributed by atoms with Gasteiger partial charge in [-0.1, -0.05) is 20.8 Å². The molecule has 6 atom stereocenters. The zero-order valence-electron chi connectivity index (χ0n) is 13.7. The maximum absolute atomic E-state index is 12.3. The molecule has 7 nitrogen and oxygen atoms in total. The second kappa shape index (κ2) is 7.70. The number of rotatable bonds is 6. The Morgan fingerprint density at radius 1 is 1.41 bits per heavy atom. The fourth-order valence-electron chi connectivity index (χ4n) is 2.60. The average molecular weight is 319 g/mol. The predicted octanol–water partition coefficient (Wildman–Crippen LogP) is -0.983. The third-order valence-electron chi connectivity index (χ3n) is 4.19. The molecule has 1 aliphatic rings. The number of aliphatic hydroxyl groups excluding tert-OH is 4. The number of carbonyl (C=O) groups excluding carboxylic acids is 1. The first kappa shape index (κ1) is 19.3. The number of hydrogen-bond acceptors (Lipinski definition) is 6. The summed E-state index contributed by atoms with van der Waals surface area (Å²) in [5.74, 6) is -0.553. The van der Waals surface area contributed by atoms with E-state index in [-0.39, 0.29) is 18.2 Å². The summed E-state index contributed by atoms with van der Waals surface area (Å²) in [6, 6.07) is 0. The van der Waals surface area contributed by atoms with E-state index < -0.39 is 42.5 Å². The van der Waals surface area contributed by atoms with Gasteiger partial charge in [0, 0.05) is 18.9 Å². The lowest BCUT2D eigenvalue weighted by atomic mass is 9.81. The standard InChI is InChI=1S/C15H29NO6/c1-8(2)6-16-14(21)15(4)5-10(18)9(3)13(22-15)12(20)11(19)7-17/h8-13,17-20H,5-7H2,1-4H3,(H,16,21). The third kappa shape index (κ3) is 4.39. The van der Waals surface area contributed by atoms with Crippen molar-refractivity contribution in [3.8, 4) is 0 Å². The van der Waals surface area contributed by atoms with Crippen LogP contribution in [-0.4, -0.2) is 69.5 Å². The van der Waals surface area contributed by atoms with Crippen LogP contribution >= 0.6 is 0 Å². The molecule has 1 saturated heterocycles. The summed E-state index contributed by atoms with van der Waals surface area (Å²) in [4.78, 5) is 12.3. The second-order valence-corrected chi connectivity index (χ2v) is 6.79. The molecule has 0 bridgehead atoms. The van der Waals surface area contributed by atoms with Crippen LogP contribution in [0, 0.1) is 11.8 Å². The minimum Gasteiger partial charge on any atom is -0.394 e. The van der Waals surface area contributed by atoms with E-state index in [4.69, 9.17) is 9.84 Å². The summed E-state index contributed by atoms with van der Waals surface area (Å²) in [5, 5.41) is 41.6. The van der Waals surface area contributed by atoms with Gasteiger partial charge in [0.15, 0.2) is 0 Å². The zero-order chi connectivity index (χ0) is 17.1. The van der Waals surface area contributed by atoms with Crippen LogP contribution < -0.4 is 5.32 Å². The maximum Gasteiger partial charge on any atom is 0.252 e. The van der Waals surface area contributed by atoms with Crippen molar-refractivity contribution >= 4 is 5.91 Å². The van der Waals surface area contributed by atoms with Gasteiger partial charge in [-0.15, -0.1) is 0 Å². The van der Waals surface area contributed by atoms with Crippen LogP contribution in [0.5, 0.6) is 0 Å². The molecule has 1 rings (SSSR count). The summed E-state index contributed by atoms with van der Waals surface area (Å²) >= 11 is 0. The van der Waals surface area contributed by atoms with Crippen molar-refractivity contribution < 1.29 is 30.0 Å². The summed E-state index contributed by atoms with van der Waals surface area (Å²) in [5.41, 5.74) is -1.29. The quantitative estimate of drug-likeness (QED) is 0.429. The molecule has 0 radical (unpaired) electrons. The van der Waals surface area contributed by atoms with Crippen LogP contribution in [0.25, 0.3) is 0 Å².